The fourth-order valence-corrected chi connectivity index (χ4v) is 7.28. The van der Waals surface area contributed by atoms with Crippen molar-refractivity contribution in [1.82, 2.24) is 29.1 Å². The van der Waals surface area contributed by atoms with Gasteiger partial charge >= 0.3 is 5.69 Å². The van der Waals surface area contributed by atoms with Crippen molar-refractivity contribution in [2.24, 2.45) is 11.8 Å². The normalized spacial score (nSPS) is 30.3. The molecule has 3 aromatic rings. The lowest BCUT2D eigenvalue weighted by Gasteiger charge is -2.21. The molecule has 0 spiro atoms. The molecule has 0 bridgehead atoms. The Morgan fingerprint density at radius 3 is 2.34 bits per heavy atom. The fourth-order valence-electron chi connectivity index (χ4n) is 5.52. The van der Waals surface area contributed by atoms with Gasteiger partial charge in [-0.2, -0.15) is 0 Å². The molecule has 5 heterocycles. The number of aliphatic hydroxyl groups is 4. The molecule has 2 aliphatic heterocycles. The maximum absolute atomic E-state index is 13.2. The second kappa shape index (κ2) is 11.6. The number of imidazole rings is 1. The van der Waals surface area contributed by atoms with Gasteiger partial charge in [-0.3, -0.25) is 18.9 Å². The van der Waals surface area contributed by atoms with E-state index in [1.54, 1.807) is 0 Å². The molecule has 8 atom stereocenters. The summed E-state index contributed by atoms with van der Waals surface area (Å²) in [5, 5.41) is 41.3. The molecule has 7 N–H and O–H groups in total. The highest BCUT2D eigenvalue weighted by Gasteiger charge is 2.48. The summed E-state index contributed by atoms with van der Waals surface area (Å²) in [5.41, 5.74) is 4.95. The largest absolute Gasteiger partial charge is 0.396 e. The van der Waals surface area contributed by atoms with Gasteiger partial charge in [0, 0.05) is 30.7 Å². The number of anilines is 1. The second-order valence-electron chi connectivity index (χ2n) is 10.1. The zero-order valence-corrected chi connectivity index (χ0v) is 22.4. The lowest BCUT2D eigenvalue weighted by atomic mass is 9.97. The Morgan fingerprint density at radius 2 is 1.66 bits per heavy atom. The van der Waals surface area contributed by atoms with Crippen LogP contribution in [0.2, 0.25) is 0 Å². The first kappa shape index (κ1) is 29.2. The minimum absolute atomic E-state index is 0.0671. The first-order valence-electron chi connectivity index (χ1n) is 12.9. The van der Waals surface area contributed by atoms with E-state index in [2.05, 4.69) is 19.9 Å². The number of nitrogens with two attached hydrogens (primary N) is 1. The highest BCUT2D eigenvalue weighted by atomic mass is 32.2. The Balaban J connectivity index is 1.30. The molecule has 3 aromatic heterocycles. The van der Waals surface area contributed by atoms with Crippen molar-refractivity contribution in [3.05, 3.63) is 45.8 Å². The smallest absolute Gasteiger partial charge is 0.330 e. The van der Waals surface area contributed by atoms with Crippen LogP contribution in [-0.2, 0) is 19.3 Å². The van der Waals surface area contributed by atoms with Gasteiger partial charge < -0.3 is 35.6 Å². The number of fused-ring (bicyclic) bond motifs is 1. The van der Waals surface area contributed by atoms with Crippen LogP contribution < -0.4 is 17.0 Å². The van der Waals surface area contributed by atoms with E-state index in [1.165, 1.54) is 17.2 Å². The minimum Gasteiger partial charge on any atom is -0.396 e. The predicted octanol–water partition coefficient (Wildman–Crippen LogP) is -3.11. The summed E-state index contributed by atoms with van der Waals surface area (Å²) < 4.78 is 40.6. The number of sulfone groups is 1. The topological polar surface area (TPSA) is 258 Å². The van der Waals surface area contributed by atoms with Gasteiger partial charge in [0.25, 0.3) is 5.56 Å². The molecule has 17 nitrogen and oxygen atoms in total. The number of hydrogen-bond acceptors (Lipinski definition) is 14. The minimum atomic E-state index is -3.87. The van der Waals surface area contributed by atoms with Crippen LogP contribution in [0.3, 0.4) is 0 Å². The lowest BCUT2D eigenvalue weighted by molar-refractivity contribution is -0.0402. The Hall–Kier alpha value is -3.26. The number of aliphatic hydroxyl groups excluding tert-OH is 4. The Bertz CT molecular complexity index is 1610. The fraction of sp³-hybridized carbons (Fsp3) is 0.609. The molecule has 0 aromatic carbocycles. The summed E-state index contributed by atoms with van der Waals surface area (Å²) in [6.07, 6.45) is -3.01. The third-order valence-electron chi connectivity index (χ3n) is 7.62. The molecule has 2 saturated heterocycles. The molecule has 0 aliphatic carbocycles. The Kier molecular flexibility index (Phi) is 8.24. The Morgan fingerprint density at radius 1 is 0.976 bits per heavy atom. The molecule has 0 saturated carbocycles. The van der Waals surface area contributed by atoms with Crippen LogP contribution >= 0.6 is 0 Å². The summed E-state index contributed by atoms with van der Waals surface area (Å²) in [6.45, 7) is -0.846. The summed E-state index contributed by atoms with van der Waals surface area (Å²) in [4.78, 5) is 37.8. The summed E-state index contributed by atoms with van der Waals surface area (Å²) >= 11 is 0. The maximum atomic E-state index is 13.2. The third kappa shape index (κ3) is 5.63. The van der Waals surface area contributed by atoms with Gasteiger partial charge in [-0.25, -0.2) is 28.2 Å². The predicted molar refractivity (Wildman–Crippen MR) is 140 cm³/mol. The van der Waals surface area contributed by atoms with Crippen molar-refractivity contribution in [3.8, 4) is 0 Å². The van der Waals surface area contributed by atoms with Crippen LogP contribution in [0.4, 0.5) is 5.82 Å². The second-order valence-corrected chi connectivity index (χ2v) is 12.4. The number of nitrogens with one attached hydrogen (secondary N) is 1. The molecule has 41 heavy (non-hydrogen) atoms. The zero-order valence-electron chi connectivity index (χ0n) is 21.6. The lowest BCUT2D eigenvalue weighted by Crippen LogP contribution is -2.36. The van der Waals surface area contributed by atoms with Crippen LogP contribution in [0.5, 0.6) is 0 Å². The summed E-state index contributed by atoms with van der Waals surface area (Å²) in [6, 6.07) is 1.07. The van der Waals surface area contributed by atoms with Crippen LogP contribution in [0.1, 0.15) is 25.3 Å². The van der Waals surface area contributed by atoms with E-state index >= 15 is 0 Å². The van der Waals surface area contributed by atoms with Crippen molar-refractivity contribution in [2.45, 2.75) is 49.7 Å². The van der Waals surface area contributed by atoms with Crippen molar-refractivity contribution in [2.75, 3.05) is 30.5 Å². The van der Waals surface area contributed by atoms with E-state index in [9.17, 15) is 38.4 Å². The van der Waals surface area contributed by atoms with Gasteiger partial charge in [0.05, 0.1) is 36.6 Å². The monoisotopic (exact) mass is 597 g/mol. The SMILES string of the molecule is Nc1ncnc2c1ncn2[C@@H]1O[C@H](CCO)[C@@H](CS(=O)(=O)CC[C@H]2O[C@@H](n3ccc(=O)[nH]c3=O)[C@H](O)[C@@H]2CO)[C@H]1O. The number of aromatic amines is 1. The molecular formula is C23H31N7O10S. The Labute approximate surface area is 232 Å². The van der Waals surface area contributed by atoms with Gasteiger partial charge in [-0.05, 0) is 12.8 Å². The van der Waals surface area contributed by atoms with E-state index in [4.69, 9.17) is 15.2 Å². The van der Waals surface area contributed by atoms with Crippen LogP contribution in [0.15, 0.2) is 34.5 Å². The quantitative estimate of drug-likeness (QED) is 0.135. The van der Waals surface area contributed by atoms with Gasteiger partial charge in [-0.1, -0.05) is 0 Å². The number of hydrogen-bond donors (Lipinski definition) is 6. The highest BCUT2D eigenvalue weighted by Crippen LogP contribution is 2.39. The van der Waals surface area contributed by atoms with Gasteiger partial charge in [-0.15, -0.1) is 0 Å². The van der Waals surface area contributed by atoms with Crippen molar-refractivity contribution in [1.29, 1.82) is 0 Å². The maximum Gasteiger partial charge on any atom is 0.330 e. The standard InChI is InChI=1S/C23H31N7O10S/c24-19-16-20(26-9-25-19)30(10-27-16)22-18(35)12(13(39-22)2-5-31)8-41(37,38)6-3-14-11(7-32)17(34)21(40-14)29-4-1-15(33)28-23(29)36/h1,4,9-14,17-18,21-22,31-32,34-35H,2-3,5-8H2,(H2,24,25,26)(H,28,33,36)/t11-,12-,13-,14-,17-,18-,21-,22-/m1/s1. The van der Waals surface area contributed by atoms with E-state index in [1.807, 2.05) is 0 Å². The summed E-state index contributed by atoms with van der Waals surface area (Å²) in [7, 11) is -3.87. The van der Waals surface area contributed by atoms with Crippen LogP contribution in [0, 0.1) is 11.8 Å². The van der Waals surface area contributed by atoms with Crippen LogP contribution in [0.25, 0.3) is 11.2 Å². The summed E-state index contributed by atoms with van der Waals surface area (Å²) in [5.74, 6) is -2.60. The van der Waals surface area contributed by atoms with Gasteiger partial charge in [0.1, 0.15) is 24.1 Å². The molecule has 18 heteroatoms. The number of ether oxygens (including phenoxy) is 2. The number of nitrogen functional groups attached to an aromatic ring is 1. The number of rotatable bonds is 10. The molecule has 0 radical (unpaired) electrons. The number of aromatic nitrogens is 6. The number of nitrogens with zero attached hydrogens (tertiary/aromatic N) is 5. The molecule has 0 amide bonds. The molecule has 2 fully saturated rings. The average molecular weight is 598 g/mol. The van der Waals surface area contributed by atoms with Crippen molar-refractivity contribution >= 4 is 26.8 Å². The van der Waals surface area contributed by atoms with Crippen molar-refractivity contribution in [3.63, 3.8) is 0 Å². The van der Waals surface area contributed by atoms with E-state index in [-0.39, 0.29) is 36.4 Å². The van der Waals surface area contributed by atoms with Gasteiger partial charge in [0.2, 0.25) is 0 Å². The van der Waals surface area contributed by atoms with E-state index in [0.717, 1.165) is 16.8 Å². The zero-order chi connectivity index (χ0) is 29.5. The molecule has 224 valence electrons. The number of H-pyrrole nitrogens is 1. The van der Waals surface area contributed by atoms with Crippen molar-refractivity contribution < 1.29 is 38.3 Å². The van der Waals surface area contributed by atoms with E-state index in [0.29, 0.717) is 0 Å². The van der Waals surface area contributed by atoms with E-state index < -0.39 is 87.9 Å². The highest BCUT2D eigenvalue weighted by molar-refractivity contribution is 7.91. The average Bonchev–Trinajstić information content (AvgIpc) is 3.58. The third-order valence-corrected chi connectivity index (χ3v) is 9.37. The molecule has 5 rings (SSSR count). The first-order chi connectivity index (χ1) is 19.5. The van der Waals surface area contributed by atoms with Gasteiger partial charge in [0.15, 0.2) is 33.8 Å². The molecule has 2 aliphatic rings. The molecular weight excluding hydrogens is 566 g/mol. The first-order valence-corrected chi connectivity index (χ1v) is 14.7. The molecule has 0 unspecified atom stereocenters. The van der Waals surface area contributed by atoms with Crippen LogP contribution in [-0.4, -0.2) is 107 Å².